The van der Waals surface area contributed by atoms with Gasteiger partial charge in [0.25, 0.3) is 0 Å². The molecule has 3 N–H and O–H groups in total. The number of carbonyl (C=O) groups excluding carboxylic acids is 1. The average Bonchev–Trinajstić information content (AvgIpc) is 2.79. The number of thiol groups is 1. The Labute approximate surface area is 211 Å². The molecular formula is C27H35NO4S2. The van der Waals surface area contributed by atoms with Gasteiger partial charge in [-0.2, -0.15) is 12.6 Å². The predicted molar refractivity (Wildman–Crippen MR) is 140 cm³/mol. The fourth-order valence-electron chi connectivity index (χ4n) is 6.15. The minimum atomic E-state index is -1.17. The van der Waals surface area contributed by atoms with Crippen molar-refractivity contribution in [1.29, 1.82) is 0 Å². The van der Waals surface area contributed by atoms with E-state index in [4.69, 9.17) is 10.5 Å². The minimum absolute atomic E-state index is 0.161. The third-order valence-corrected chi connectivity index (χ3v) is 9.12. The lowest BCUT2D eigenvalue weighted by Crippen LogP contribution is -2.55. The zero-order valence-electron chi connectivity index (χ0n) is 19.7. The number of carboxylic acids is 1. The highest BCUT2D eigenvalue weighted by Crippen LogP contribution is 2.54. The summed E-state index contributed by atoms with van der Waals surface area (Å²) < 4.78 is 5.09. The molecule has 2 atom stereocenters. The monoisotopic (exact) mass is 501 g/mol. The maximum absolute atomic E-state index is 11.8. The average molecular weight is 502 g/mol. The molecule has 4 saturated carbocycles. The van der Waals surface area contributed by atoms with Crippen molar-refractivity contribution in [2.75, 3.05) is 11.5 Å². The molecule has 2 aromatic rings. The normalized spacial score (nSPS) is 28.6. The van der Waals surface area contributed by atoms with E-state index in [1.54, 1.807) is 6.92 Å². The third-order valence-electron chi connectivity index (χ3n) is 7.44. The Bertz CT molecular complexity index is 986. The molecule has 5 nitrogen and oxygen atoms in total. The van der Waals surface area contributed by atoms with Crippen molar-refractivity contribution in [3.8, 4) is 0 Å². The third kappa shape index (κ3) is 6.10. The second-order valence-electron chi connectivity index (χ2n) is 10.4. The zero-order valence-corrected chi connectivity index (χ0v) is 21.4. The number of thioether (sulfide) groups is 1. The Hall–Kier alpha value is -1.70. The van der Waals surface area contributed by atoms with Gasteiger partial charge in [0, 0.05) is 21.9 Å². The molecular weight excluding hydrogens is 466 g/mol. The maximum Gasteiger partial charge on any atom is 0.345 e. The lowest BCUT2D eigenvalue weighted by molar-refractivity contribution is -0.164. The number of fused-ring (bicyclic) bond motifs is 1. The van der Waals surface area contributed by atoms with E-state index < -0.39 is 24.0 Å². The molecule has 0 aromatic heterocycles. The molecule has 4 bridgehead atoms. The van der Waals surface area contributed by atoms with Gasteiger partial charge in [-0.3, -0.25) is 4.79 Å². The molecule has 0 saturated heterocycles. The molecule has 4 aliphatic rings. The van der Waals surface area contributed by atoms with E-state index in [2.05, 4.69) is 12.6 Å². The topological polar surface area (TPSA) is 89.6 Å². The van der Waals surface area contributed by atoms with E-state index in [1.807, 2.05) is 42.5 Å². The number of aliphatic carboxylic acids is 1. The molecule has 34 heavy (non-hydrogen) atoms. The SMILES string of the molecule is C[C@@H](CS)C(=O)OC(CSc1cccc2ccccc12)C(=O)O.NC12CC3CC(CC(C3)C1)C2. The van der Waals surface area contributed by atoms with Crippen molar-refractivity contribution in [3.05, 3.63) is 42.5 Å². The molecule has 4 fully saturated rings. The maximum atomic E-state index is 11.8. The molecule has 0 radical (unpaired) electrons. The standard InChI is InChI=1S/C17H18O4S2.C10H17N/c1-11(9-22)17(20)21-14(16(18)19)10-23-15-8-4-6-12-5-2-3-7-13(12)15;11-10-4-7-1-8(5-10)3-9(2-7)6-10/h2-8,11,14,22H,9-10H2,1H3,(H,18,19);7-9H,1-6,11H2/t11-,14?;/m0./s1. The Morgan fingerprint density at radius 1 is 1.09 bits per heavy atom. The van der Waals surface area contributed by atoms with Gasteiger partial charge in [0.1, 0.15) is 0 Å². The fraction of sp³-hybridized carbons (Fsp3) is 0.556. The lowest BCUT2D eigenvalue weighted by atomic mass is 9.53. The first-order valence-corrected chi connectivity index (χ1v) is 13.8. The van der Waals surface area contributed by atoms with Crippen LogP contribution in [-0.2, 0) is 14.3 Å². The van der Waals surface area contributed by atoms with Gasteiger partial charge in [-0.05, 0) is 73.1 Å². The van der Waals surface area contributed by atoms with E-state index in [-0.39, 0.29) is 5.75 Å². The Morgan fingerprint density at radius 2 is 1.68 bits per heavy atom. The molecule has 0 aliphatic heterocycles. The van der Waals surface area contributed by atoms with Crippen molar-refractivity contribution >= 4 is 47.1 Å². The van der Waals surface area contributed by atoms with Crippen LogP contribution in [0.4, 0.5) is 0 Å². The molecule has 1 unspecified atom stereocenters. The van der Waals surface area contributed by atoms with E-state index in [0.717, 1.165) is 33.4 Å². The summed E-state index contributed by atoms with van der Waals surface area (Å²) in [6.07, 6.45) is 7.40. The lowest BCUT2D eigenvalue weighted by Gasteiger charge is -2.55. The van der Waals surface area contributed by atoms with Crippen LogP contribution in [-0.4, -0.2) is 40.2 Å². The fourth-order valence-corrected chi connectivity index (χ4v) is 7.36. The van der Waals surface area contributed by atoms with Gasteiger partial charge in [-0.1, -0.05) is 43.3 Å². The highest BCUT2D eigenvalue weighted by atomic mass is 32.2. The van der Waals surface area contributed by atoms with Gasteiger partial charge in [0.15, 0.2) is 0 Å². The number of ether oxygens (including phenoxy) is 1. The van der Waals surface area contributed by atoms with Crippen LogP contribution >= 0.6 is 24.4 Å². The number of hydrogen-bond donors (Lipinski definition) is 3. The second-order valence-corrected chi connectivity index (χ2v) is 11.8. The zero-order chi connectivity index (χ0) is 24.3. The summed E-state index contributed by atoms with van der Waals surface area (Å²) in [5.74, 6) is 1.44. The molecule has 0 amide bonds. The van der Waals surface area contributed by atoms with Crippen molar-refractivity contribution in [3.63, 3.8) is 0 Å². The van der Waals surface area contributed by atoms with E-state index in [1.165, 1.54) is 50.3 Å². The summed E-state index contributed by atoms with van der Waals surface area (Å²) >= 11 is 5.40. The first kappa shape index (κ1) is 25.4. The molecule has 6 rings (SSSR count). The van der Waals surface area contributed by atoms with Crippen molar-refractivity contribution in [1.82, 2.24) is 0 Å². The van der Waals surface area contributed by atoms with Crippen LogP contribution in [0.25, 0.3) is 10.8 Å². The summed E-state index contributed by atoms with van der Waals surface area (Å²) in [4.78, 5) is 24.1. The van der Waals surface area contributed by atoms with Gasteiger partial charge in [-0.25, -0.2) is 4.79 Å². The number of nitrogens with two attached hydrogens (primary N) is 1. The largest absolute Gasteiger partial charge is 0.478 e. The van der Waals surface area contributed by atoms with Crippen LogP contribution in [0.3, 0.4) is 0 Å². The molecule has 0 spiro atoms. The summed E-state index contributed by atoms with van der Waals surface area (Å²) in [5, 5.41) is 11.4. The Balaban J connectivity index is 0.000000203. The molecule has 7 heteroatoms. The highest BCUT2D eigenvalue weighted by molar-refractivity contribution is 7.99. The number of benzene rings is 2. The summed E-state index contributed by atoms with van der Waals surface area (Å²) in [7, 11) is 0. The van der Waals surface area contributed by atoms with Gasteiger partial charge < -0.3 is 15.6 Å². The number of rotatable bonds is 7. The number of esters is 1. The molecule has 0 heterocycles. The van der Waals surface area contributed by atoms with Crippen LogP contribution in [0, 0.1) is 23.7 Å². The number of hydrogen-bond acceptors (Lipinski definition) is 6. The van der Waals surface area contributed by atoms with Crippen molar-refractivity contribution < 1.29 is 19.4 Å². The first-order valence-electron chi connectivity index (χ1n) is 12.2. The Kier molecular flexibility index (Phi) is 8.16. The summed E-state index contributed by atoms with van der Waals surface area (Å²) in [5.41, 5.74) is 6.62. The molecule has 4 aliphatic carbocycles. The van der Waals surface area contributed by atoms with Gasteiger partial charge in [0.05, 0.1) is 5.92 Å². The van der Waals surface area contributed by atoms with Crippen molar-refractivity contribution in [2.45, 2.75) is 62.0 Å². The van der Waals surface area contributed by atoms with Gasteiger partial charge >= 0.3 is 11.9 Å². The second kappa shape index (κ2) is 10.9. The molecule has 2 aromatic carbocycles. The summed E-state index contributed by atoms with van der Waals surface area (Å²) in [6.45, 7) is 1.66. The quantitative estimate of drug-likeness (QED) is 0.267. The van der Waals surface area contributed by atoms with E-state index in [0.29, 0.717) is 11.3 Å². The van der Waals surface area contributed by atoms with Crippen LogP contribution in [0.2, 0.25) is 0 Å². The van der Waals surface area contributed by atoms with Gasteiger partial charge in [0.2, 0.25) is 6.10 Å². The van der Waals surface area contributed by atoms with Crippen molar-refractivity contribution in [2.24, 2.45) is 29.4 Å². The Morgan fingerprint density at radius 3 is 2.24 bits per heavy atom. The van der Waals surface area contributed by atoms with Crippen LogP contribution in [0.5, 0.6) is 0 Å². The minimum Gasteiger partial charge on any atom is -0.478 e. The highest BCUT2D eigenvalue weighted by Gasteiger charge is 2.48. The van der Waals surface area contributed by atoms with E-state index >= 15 is 0 Å². The number of carbonyl (C=O) groups is 2. The molecule has 184 valence electrons. The van der Waals surface area contributed by atoms with Gasteiger partial charge in [-0.15, -0.1) is 11.8 Å². The van der Waals surface area contributed by atoms with Crippen LogP contribution in [0.1, 0.15) is 45.4 Å². The predicted octanol–water partition coefficient (Wildman–Crippen LogP) is 5.41. The van der Waals surface area contributed by atoms with Crippen LogP contribution < -0.4 is 5.73 Å². The first-order chi connectivity index (χ1) is 16.3. The smallest absolute Gasteiger partial charge is 0.345 e. The van der Waals surface area contributed by atoms with E-state index in [9.17, 15) is 14.7 Å². The van der Waals surface area contributed by atoms with Crippen LogP contribution in [0.15, 0.2) is 47.4 Å². The number of carboxylic acid groups (broad SMARTS) is 1. The summed E-state index contributed by atoms with van der Waals surface area (Å²) in [6, 6.07) is 13.7.